The van der Waals surface area contributed by atoms with Crippen LogP contribution in [0.15, 0.2) is 0 Å². The largest absolute Gasteiger partial charge is 0.466 e. The Morgan fingerprint density at radius 2 is 2.00 bits per heavy atom. The molecule has 0 aromatic carbocycles. The summed E-state index contributed by atoms with van der Waals surface area (Å²) in [6.07, 6.45) is 0.213. The molecule has 0 aliphatic heterocycles. The van der Waals surface area contributed by atoms with Crippen LogP contribution < -0.4 is 11.5 Å². The van der Waals surface area contributed by atoms with Crippen molar-refractivity contribution < 1.29 is 9.53 Å². The Bertz CT molecular complexity index is 114. The maximum absolute atomic E-state index is 10.7. The van der Waals surface area contributed by atoms with E-state index in [0.29, 0.717) is 13.2 Å². The highest BCUT2D eigenvalue weighted by molar-refractivity contribution is 5.85. The van der Waals surface area contributed by atoms with Crippen LogP contribution in [0.5, 0.6) is 0 Å². The lowest BCUT2D eigenvalue weighted by atomic mass is 10.2. The zero-order valence-corrected chi connectivity index (χ0v) is 8.62. The van der Waals surface area contributed by atoms with Crippen LogP contribution in [-0.2, 0) is 9.53 Å². The van der Waals surface area contributed by atoms with E-state index < -0.39 is 0 Å². The van der Waals surface area contributed by atoms with Gasteiger partial charge in [0.05, 0.1) is 13.0 Å². The zero-order valence-electron chi connectivity index (χ0n) is 6.99. The smallest absolute Gasteiger partial charge is 0.307 e. The van der Waals surface area contributed by atoms with E-state index in [2.05, 4.69) is 4.74 Å². The fraction of sp³-hybridized carbons (Fsp3) is 0.833. The van der Waals surface area contributed by atoms with Crippen LogP contribution in [0, 0.1) is 0 Å². The molecule has 0 aromatic heterocycles. The molecule has 0 rings (SSSR count). The van der Waals surface area contributed by atoms with Crippen LogP contribution in [0.25, 0.3) is 0 Å². The first-order valence-electron chi connectivity index (χ1n) is 3.32. The Kier molecular flexibility index (Phi) is 16.4. The number of hydrogen-bond acceptors (Lipinski definition) is 4. The van der Waals surface area contributed by atoms with E-state index in [0.717, 1.165) is 0 Å². The summed E-state index contributed by atoms with van der Waals surface area (Å²) >= 11 is 0. The maximum Gasteiger partial charge on any atom is 0.307 e. The van der Waals surface area contributed by atoms with Gasteiger partial charge in [-0.25, -0.2) is 0 Å². The van der Waals surface area contributed by atoms with Crippen LogP contribution in [-0.4, -0.2) is 25.2 Å². The van der Waals surface area contributed by atoms with Gasteiger partial charge >= 0.3 is 5.97 Å². The molecule has 0 spiro atoms. The number of halogens is 2. The van der Waals surface area contributed by atoms with Gasteiger partial charge in [0.25, 0.3) is 0 Å². The van der Waals surface area contributed by atoms with Gasteiger partial charge < -0.3 is 16.2 Å². The monoisotopic (exact) mass is 218 g/mol. The van der Waals surface area contributed by atoms with Crippen LogP contribution >= 0.6 is 24.8 Å². The summed E-state index contributed by atoms with van der Waals surface area (Å²) in [6, 6.07) is -0.265. The second kappa shape index (κ2) is 11.0. The molecule has 0 fully saturated rings. The number of carbonyl (C=O) groups is 1. The fourth-order valence-corrected chi connectivity index (χ4v) is 0.517. The molecule has 12 heavy (non-hydrogen) atoms. The number of nitrogens with two attached hydrogens (primary N) is 2. The van der Waals surface area contributed by atoms with Crippen molar-refractivity contribution in [1.82, 2.24) is 0 Å². The fourth-order valence-electron chi connectivity index (χ4n) is 0.517. The molecule has 1 atom stereocenters. The van der Waals surface area contributed by atoms with E-state index in [4.69, 9.17) is 11.5 Å². The summed E-state index contributed by atoms with van der Waals surface area (Å²) in [6.45, 7) is 2.47. The molecule has 76 valence electrons. The highest BCUT2D eigenvalue weighted by atomic mass is 35.5. The van der Waals surface area contributed by atoms with Gasteiger partial charge in [0, 0.05) is 12.6 Å². The summed E-state index contributed by atoms with van der Waals surface area (Å²) < 4.78 is 4.64. The number of carbonyl (C=O) groups excluding carboxylic acids is 1. The van der Waals surface area contributed by atoms with Gasteiger partial charge in [-0.2, -0.15) is 0 Å². The highest BCUT2D eigenvalue weighted by Crippen LogP contribution is 1.89. The van der Waals surface area contributed by atoms with Gasteiger partial charge in [-0.05, 0) is 6.92 Å². The van der Waals surface area contributed by atoms with E-state index in [9.17, 15) is 4.79 Å². The number of rotatable bonds is 4. The summed E-state index contributed by atoms with van der Waals surface area (Å²) in [5.74, 6) is -0.277. The molecular formula is C6H16Cl2N2O2. The SMILES string of the molecule is CCOC(=O)CC(N)CN.Cl.Cl. The van der Waals surface area contributed by atoms with Crippen molar-refractivity contribution in [2.45, 2.75) is 19.4 Å². The number of hydrogen-bond donors (Lipinski definition) is 2. The Morgan fingerprint density at radius 3 is 2.33 bits per heavy atom. The molecule has 0 radical (unpaired) electrons. The third-order valence-corrected chi connectivity index (χ3v) is 1.04. The Labute approximate surface area is 84.8 Å². The molecule has 0 saturated heterocycles. The van der Waals surface area contributed by atoms with E-state index in [-0.39, 0.29) is 43.2 Å². The van der Waals surface area contributed by atoms with Crippen molar-refractivity contribution in [1.29, 1.82) is 0 Å². The second-order valence-electron chi connectivity index (χ2n) is 2.00. The van der Waals surface area contributed by atoms with Crippen LogP contribution in [0.1, 0.15) is 13.3 Å². The molecule has 0 heterocycles. The Balaban J connectivity index is -0.000000405. The third-order valence-electron chi connectivity index (χ3n) is 1.04. The maximum atomic E-state index is 10.7. The van der Waals surface area contributed by atoms with Crippen LogP contribution in [0.3, 0.4) is 0 Å². The summed E-state index contributed by atoms with van der Waals surface area (Å²) in [5.41, 5.74) is 10.6. The standard InChI is InChI=1S/C6H14N2O2.2ClH/c1-2-10-6(9)3-5(8)4-7;;/h5H,2-4,7-8H2,1H3;2*1H. The average molecular weight is 219 g/mol. The lowest BCUT2D eigenvalue weighted by Gasteiger charge is -2.06. The first-order valence-corrected chi connectivity index (χ1v) is 3.32. The van der Waals surface area contributed by atoms with Gasteiger partial charge in [-0.1, -0.05) is 0 Å². The number of ether oxygens (including phenoxy) is 1. The van der Waals surface area contributed by atoms with Gasteiger partial charge in [-0.15, -0.1) is 24.8 Å². The molecule has 4 N–H and O–H groups in total. The zero-order chi connectivity index (χ0) is 7.98. The molecule has 4 nitrogen and oxygen atoms in total. The minimum Gasteiger partial charge on any atom is -0.466 e. The van der Waals surface area contributed by atoms with Crippen molar-refractivity contribution in [3.05, 3.63) is 0 Å². The first kappa shape index (κ1) is 17.9. The normalized spacial score (nSPS) is 10.6. The van der Waals surface area contributed by atoms with Crippen molar-refractivity contribution in [3.8, 4) is 0 Å². The molecule has 1 unspecified atom stereocenters. The molecule has 0 saturated carbocycles. The number of esters is 1. The summed E-state index contributed by atoms with van der Waals surface area (Å²) in [7, 11) is 0. The Morgan fingerprint density at radius 1 is 1.50 bits per heavy atom. The van der Waals surface area contributed by atoms with Crippen molar-refractivity contribution in [2.75, 3.05) is 13.2 Å². The average Bonchev–Trinajstić information content (AvgIpc) is 1.88. The molecule has 6 heteroatoms. The molecule has 0 aliphatic rings. The summed E-state index contributed by atoms with van der Waals surface area (Å²) in [4.78, 5) is 10.7. The molecule has 0 amide bonds. The minimum absolute atomic E-state index is 0. The molecular weight excluding hydrogens is 203 g/mol. The summed E-state index contributed by atoms with van der Waals surface area (Å²) in [5, 5.41) is 0. The highest BCUT2D eigenvalue weighted by Gasteiger charge is 2.07. The van der Waals surface area contributed by atoms with Gasteiger partial charge in [-0.3, -0.25) is 4.79 Å². The van der Waals surface area contributed by atoms with Crippen molar-refractivity contribution in [3.63, 3.8) is 0 Å². The van der Waals surface area contributed by atoms with Crippen molar-refractivity contribution in [2.24, 2.45) is 11.5 Å². The Hall–Kier alpha value is -0.0300. The third kappa shape index (κ3) is 9.97. The minimum atomic E-state index is -0.277. The van der Waals surface area contributed by atoms with Crippen LogP contribution in [0.4, 0.5) is 0 Å². The topological polar surface area (TPSA) is 78.3 Å². The molecule has 0 aromatic rings. The van der Waals surface area contributed by atoms with Gasteiger partial charge in [0.1, 0.15) is 0 Å². The lowest BCUT2D eigenvalue weighted by molar-refractivity contribution is -0.143. The van der Waals surface area contributed by atoms with E-state index >= 15 is 0 Å². The first-order chi connectivity index (χ1) is 4.70. The predicted octanol–water partition coefficient (Wildman–Crippen LogP) is 0.0692. The quantitative estimate of drug-likeness (QED) is 0.656. The van der Waals surface area contributed by atoms with E-state index in [1.54, 1.807) is 6.92 Å². The van der Waals surface area contributed by atoms with Crippen molar-refractivity contribution >= 4 is 30.8 Å². The molecule has 0 bridgehead atoms. The molecule has 0 aliphatic carbocycles. The van der Waals surface area contributed by atoms with Crippen LogP contribution in [0.2, 0.25) is 0 Å². The second-order valence-corrected chi connectivity index (χ2v) is 2.00. The predicted molar refractivity (Wildman–Crippen MR) is 52.8 cm³/mol. The van der Waals surface area contributed by atoms with Gasteiger partial charge in [0.15, 0.2) is 0 Å². The van der Waals surface area contributed by atoms with E-state index in [1.165, 1.54) is 0 Å². The lowest BCUT2D eigenvalue weighted by Crippen LogP contribution is -2.32. The van der Waals surface area contributed by atoms with Gasteiger partial charge in [0.2, 0.25) is 0 Å². The van der Waals surface area contributed by atoms with E-state index in [1.807, 2.05) is 0 Å².